The smallest absolute Gasteiger partial charge is 0.268 e. The van der Waals surface area contributed by atoms with Crippen molar-refractivity contribution in [3.05, 3.63) is 30.9 Å². The van der Waals surface area contributed by atoms with E-state index in [1.54, 1.807) is 36.1 Å². The van der Waals surface area contributed by atoms with Gasteiger partial charge >= 0.3 is 0 Å². The predicted octanol–water partition coefficient (Wildman–Crippen LogP) is 2.97. The first kappa shape index (κ1) is 16.1. The highest BCUT2D eigenvalue weighted by atomic mass is 16.5. The molecule has 1 aromatic carbocycles. The molecule has 0 saturated carbocycles. The van der Waals surface area contributed by atoms with Crippen molar-refractivity contribution in [2.24, 2.45) is 5.41 Å². The summed E-state index contributed by atoms with van der Waals surface area (Å²) in [5.74, 6) is 0.412. The van der Waals surface area contributed by atoms with Crippen LogP contribution in [0.3, 0.4) is 0 Å². The summed E-state index contributed by atoms with van der Waals surface area (Å²) in [4.78, 5) is 25.8. The first-order valence-electron chi connectivity index (χ1n) is 7.28. The van der Waals surface area contributed by atoms with Gasteiger partial charge in [0.2, 0.25) is 5.91 Å². The Hall–Kier alpha value is -2.30. The molecule has 0 spiro atoms. The van der Waals surface area contributed by atoms with Gasteiger partial charge in [0.05, 0.1) is 5.69 Å². The largest absolute Gasteiger partial charge is 0.479 e. The fourth-order valence-corrected chi connectivity index (χ4v) is 2.12. The van der Waals surface area contributed by atoms with Gasteiger partial charge in [-0.1, -0.05) is 26.8 Å². The molecule has 0 saturated heterocycles. The summed E-state index contributed by atoms with van der Waals surface area (Å²) in [6.45, 7) is 11.4. The van der Waals surface area contributed by atoms with Crippen LogP contribution in [0.1, 0.15) is 27.7 Å². The highest BCUT2D eigenvalue weighted by molar-refractivity contribution is 6.01. The lowest BCUT2D eigenvalue weighted by Crippen LogP contribution is -2.44. The Morgan fingerprint density at radius 1 is 1.45 bits per heavy atom. The molecule has 0 fully saturated rings. The summed E-state index contributed by atoms with van der Waals surface area (Å²) >= 11 is 0. The Morgan fingerprint density at radius 2 is 2.14 bits per heavy atom. The average Bonchev–Trinajstić information content (AvgIpc) is 2.42. The third-order valence-corrected chi connectivity index (χ3v) is 3.42. The van der Waals surface area contributed by atoms with Crippen LogP contribution in [0.2, 0.25) is 0 Å². The molecular formula is C17H22N2O3. The van der Waals surface area contributed by atoms with E-state index in [4.69, 9.17) is 4.74 Å². The van der Waals surface area contributed by atoms with E-state index in [0.29, 0.717) is 23.7 Å². The van der Waals surface area contributed by atoms with Gasteiger partial charge in [-0.3, -0.25) is 9.59 Å². The maximum atomic E-state index is 12.2. The maximum Gasteiger partial charge on any atom is 0.268 e. The Labute approximate surface area is 130 Å². The molecule has 5 heteroatoms. The van der Waals surface area contributed by atoms with Crippen molar-refractivity contribution >= 4 is 23.2 Å². The minimum atomic E-state index is -0.555. The van der Waals surface area contributed by atoms with Crippen molar-refractivity contribution < 1.29 is 14.3 Å². The van der Waals surface area contributed by atoms with Gasteiger partial charge in [-0.15, -0.1) is 6.58 Å². The van der Waals surface area contributed by atoms with E-state index in [0.717, 1.165) is 0 Å². The molecule has 0 aliphatic carbocycles. The molecule has 1 N–H and O–H groups in total. The van der Waals surface area contributed by atoms with Crippen molar-refractivity contribution in [2.45, 2.75) is 33.8 Å². The number of fused-ring (bicyclic) bond motifs is 1. The second-order valence-electron chi connectivity index (χ2n) is 6.38. The van der Waals surface area contributed by atoms with Gasteiger partial charge in [-0.25, -0.2) is 0 Å². The summed E-state index contributed by atoms with van der Waals surface area (Å²) < 4.78 is 5.65. The van der Waals surface area contributed by atoms with Gasteiger partial charge in [-0.05, 0) is 19.1 Å². The highest BCUT2D eigenvalue weighted by Gasteiger charge is 2.31. The number of carbonyl (C=O) groups excluding carboxylic acids is 2. The fraction of sp³-hybridized carbons (Fsp3) is 0.412. The van der Waals surface area contributed by atoms with Crippen LogP contribution < -0.4 is 15.0 Å². The molecule has 2 amide bonds. The van der Waals surface area contributed by atoms with Crippen LogP contribution in [-0.4, -0.2) is 24.5 Å². The third-order valence-electron chi connectivity index (χ3n) is 3.42. The molecule has 118 valence electrons. The topological polar surface area (TPSA) is 58.6 Å². The molecule has 5 nitrogen and oxygen atoms in total. The number of anilines is 2. The first-order valence-corrected chi connectivity index (χ1v) is 7.28. The van der Waals surface area contributed by atoms with E-state index in [9.17, 15) is 9.59 Å². The number of nitrogens with one attached hydrogen (secondary N) is 1. The molecule has 0 bridgehead atoms. The van der Waals surface area contributed by atoms with Crippen LogP contribution in [0.5, 0.6) is 5.75 Å². The summed E-state index contributed by atoms with van der Waals surface area (Å²) in [5, 5.41) is 2.86. The molecule has 1 unspecified atom stereocenters. The van der Waals surface area contributed by atoms with Crippen molar-refractivity contribution in [1.82, 2.24) is 0 Å². The summed E-state index contributed by atoms with van der Waals surface area (Å²) in [7, 11) is 0. The molecule has 2 rings (SSSR count). The number of rotatable bonds is 3. The normalized spacial score (nSPS) is 17.5. The number of amides is 2. The lowest BCUT2D eigenvalue weighted by molar-refractivity contribution is -0.125. The zero-order chi connectivity index (χ0) is 16.5. The standard InChI is InChI=1S/C17H22N2O3/c1-6-9-19-13-8-7-12(18-16(21)17(3,4)5)10-14(13)22-11(2)15(19)20/h6-8,10-11H,1,9H2,2-5H3,(H,18,21). The van der Waals surface area contributed by atoms with E-state index >= 15 is 0 Å². The minimum Gasteiger partial charge on any atom is -0.479 e. The number of hydrogen-bond donors (Lipinski definition) is 1. The fourth-order valence-electron chi connectivity index (χ4n) is 2.12. The molecule has 1 aromatic rings. The van der Waals surface area contributed by atoms with Crippen molar-refractivity contribution in [3.8, 4) is 5.75 Å². The van der Waals surface area contributed by atoms with Crippen LogP contribution in [0, 0.1) is 5.41 Å². The lowest BCUT2D eigenvalue weighted by atomic mass is 9.95. The summed E-state index contributed by atoms with van der Waals surface area (Å²) in [5.41, 5.74) is 0.866. The van der Waals surface area contributed by atoms with Crippen molar-refractivity contribution in [1.29, 1.82) is 0 Å². The van der Waals surface area contributed by atoms with E-state index in [-0.39, 0.29) is 11.8 Å². The number of nitrogens with zero attached hydrogens (tertiary/aromatic N) is 1. The van der Waals surface area contributed by atoms with Crippen molar-refractivity contribution in [2.75, 3.05) is 16.8 Å². The summed E-state index contributed by atoms with van der Waals surface area (Å²) in [6, 6.07) is 5.30. The van der Waals surface area contributed by atoms with Gasteiger partial charge in [0.25, 0.3) is 5.91 Å². The molecule has 0 radical (unpaired) electrons. The molecular weight excluding hydrogens is 280 g/mol. The second kappa shape index (κ2) is 5.83. The van der Waals surface area contributed by atoms with Gasteiger partial charge in [0.1, 0.15) is 5.75 Å². The average molecular weight is 302 g/mol. The Kier molecular flexibility index (Phi) is 4.26. The van der Waals surface area contributed by atoms with Crippen LogP contribution >= 0.6 is 0 Å². The Bertz CT molecular complexity index is 617. The summed E-state index contributed by atoms with van der Waals surface area (Å²) in [6.07, 6.45) is 1.12. The Balaban J connectivity index is 2.31. The van der Waals surface area contributed by atoms with Crippen molar-refractivity contribution in [3.63, 3.8) is 0 Å². The zero-order valence-corrected chi connectivity index (χ0v) is 13.5. The first-order chi connectivity index (χ1) is 10.2. The van der Waals surface area contributed by atoms with Gasteiger partial charge in [0, 0.05) is 23.7 Å². The molecule has 1 heterocycles. The van der Waals surface area contributed by atoms with E-state index in [1.165, 1.54) is 0 Å². The monoisotopic (exact) mass is 302 g/mol. The molecule has 1 aliphatic heterocycles. The zero-order valence-electron chi connectivity index (χ0n) is 13.5. The number of ether oxygens (including phenoxy) is 1. The second-order valence-corrected chi connectivity index (χ2v) is 6.38. The number of carbonyl (C=O) groups is 2. The molecule has 0 aromatic heterocycles. The third kappa shape index (κ3) is 3.13. The Morgan fingerprint density at radius 3 is 2.73 bits per heavy atom. The lowest BCUT2D eigenvalue weighted by Gasteiger charge is -2.32. The van der Waals surface area contributed by atoms with E-state index in [1.807, 2.05) is 20.8 Å². The predicted molar refractivity (Wildman–Crippen MR) is 87.2 cm³/mol. The van der Waals surface area contributed by atoms with Crippen LogP contribution in [0.4, 0.5) is 11.4 Å². The van der Waals surface area contributed by atoms with Gasteiger partial charge in [-0.2, -0.15) is 0 Å². The SMILES string of the molecule is C=CCN1C(=O)C(C)Oc2cc(NC(=O)C(C)(C)C)ccc21. The maximum absolute atomic E-state index is 12.2. The molecule has 1 atom stereocenters. The van der Waals surface area contributed by atoms with Crippen LogP contribution in [0.15, 0.2) is 30.9 Å². The van der Waals surface area contributed by atoms with Gasteiger partial charge in [0.15, 0.2) is 6.10 Å². The quantitative estimate of drug-likeness (QED) is 0.873. The van der Waals surface area contributed by atoms with Crippen LogP contribution in [0.25, 0.3) is 0 Å². The van der Waals surface area contributed by atoms with E-state index < -0.39 is 11.5 Å². The molecule has 22 heavy (non-hydrogen) atoms. The minimum absolute atomic E-state index is 0.0738. The number of hydrogen-bond acceptors (Lipinski definition) is 3. The van der Waals surface area contributed by atoms with Gasteiger partial charge < -0.3 is 15.0 Å². The molecule has 1 aliphatic rings. The van der Waals surface area contributed by atoms with Crippen LogP contribution in [-0.2, 0) is 9.59 Å². The number of benzene rings is 1. The highest BCUT2D eigenvalue weighted by Crippen LogP contribution is 2.36. The van der Waals surface area contributed by atoms with E-state index in [2.05, 4.69) is 11.9 Å².